The molecule has 3 aromatic rings. The molecule has 1 atom stereocenters. The third-order valence-corrected chi connectivity index (χ3v) is 4.74. The van der Waals surface area contributed by atoms with Gasteiger partial charge in [0, 0.05) is 11.1 Å². The van der Waals surface area contributed by atoms with Gasteiger partial charge in [-0.05, 0) is 42.3 Å². The lowest BCUT2D eigenvalue weighted by Crippen LogP contribution is -2.30. The van der Waals surface area contributed by atoms with E-state index in [-0.39, 0.29) is 5.91 Å². The molecule has 0 radical (unpaired) electrons. The molecule has 0 aliphatic heterocycles. The van der Waals surface area contributed by atoms with Crippen molar-refractivity contribution in [1.29, 1.82) is 0 Å². The molecule has 0 saturated heterocycles. The zero-order valence-corrected chi connectivity index (χ0v) is 14.2. The second-order valence-electron chi connectivity index (χ2n) is 5.50. The van der Waals surface area contributed by atoms with Crippen LogP contribution in [0, 0.1) is 6.92 Å². The summed E-state index contributed by atoms with van der Waals surface area (Å²) in [5.74, 6) is -0.822. The molecule has 0 saturated carbocycles. The number of carbonyl (C=O) groups excluding carboxylic acids is 2. The van der Waals surface area contributed by atoms with Gasteiger partial charge in [-0.25, -0.2) is 4.79 Å². The van der Waals surface area contributed by atoms with E-state index in [9.17, 15) is 9.59 Å². The number of hydrogen-bond acceptors (Lipinski definition) is 4. The molecule has 0 spiro atoms. The molecule has 0 aliphatic rings. The highest BCUT2D eigenvalue weighted by Crippen LogP contribution is 2.23. The number of anilines is 1. The van der Waals surface area contributed by atoms with E-state index in [0.717, 1.165) is 16.3 Å². The summed E-state index contributed by atoms with van der Waals surface area (Å²) in [7, 11) is 0. The first-order valence-corrected chi connectivity index (χ1v) is 8.48. The normalized spacial score (nSPS) is 11.9. The number of benzene rings is 2. The molecule has 122 valence electrons. The number of amides is 1. The van der Waals surface area contributed by atoms with E-state index in [2.05, 4.69) is 5.32 Å². The van der Waals surface area contributed by atoms with E-state index in [1.807, 2.05) is 60.8 Å². The number of ether oxygens (including phenoxy) is 1. The van der Waals surface area contributed by atoms with Crippen LogP contribution < -0.4 is 5.32 Å². The molecular weight excluding hydrogens is 322 g/mol. The van der Waals surface area contributed by atoms with Crippen molar-refractivity contribution in [3.63, 3.8) is 0 Å². The number of rotatable bonds is 4. The molecule has 24 heavy (non-hydrogen) atoms. The summed E-state index contributed by atoms with van der Waals surface area (Å²) in [6.07, 6.45) is -0.877. The number of aryl methyl sites for hydroxylation is 1. The van der Waals surface area contributed by atoms with Gasteiger partial charge in [0.2, 0.25) is 0 Å². The topological polar surface area (TPSA) is 55.4 Å². The van der Waals surface area contributed by atoms with Crippen molar-refractivity contribution < 1.29 is 14.3 Å². The van der Waals surface area contributed by atoms with Crippen LogP contribution in [0.5, 0.6) is 0 Å². The second kappa shape index (κ2) is 6.84. The summed E-state index contributed by atoms with van der Waals surface area (Å²) in [4.78, 5) is 25.0. The zero-order valence-electron chi connectivity index (χ0n) is 13.4. The summed E-state index contributed by atoms with van der Waals surface area (Å²) in [5, 5.41) is 6.64. The van der Waals surface area contributed by atoms with E-state index in [1.165, 1.54) is 11.3 Å². The average Bonchev–Trinajstić information content (AvgIpc) is 3.01. The van der Waals surface area contributed by atoms with Crippen LogP contribution in [0.2, 0.25) is 0 Å². The van der Waals surface area contributed by atoms with Gasteiger partial charge < -0.3 is 10.1 Å². The molecule has 1 aromatic heterocycles. The van der Waals surface area contributed by atoms with Crippen molar-refractivity contribution in [2.45, 2.75) is 20.0 Å². The zero-order chi connectivity index (χ0) is 17.1. The van der Waals surface area contributed by atoms with Crippen LogP contribution in [0.25, 0.3) is 10.8 Å². The number of hydrogen-bond donors (Lipinski definition) is 1. The molecule has 0 bridgehead atoms. The Balaban J connectivity index is 1.72. The van der Waals surface area contributed by atoms with Crippen LogP contribution in [0.4, 0.5) is 5.69 Å². The largest absolute Gasteiger partial charge is 0.448 e. The van der Waals surface area contributed by atoms with Crippen molar-refractivity contribution in [2.24, 2.45) is 0 Å². The maximum Gasteiger partial charge on any atom is 0.349 e. The Bertz CT molecular complexity index is 895. The summed E-state index contributed by atoms with van der Waals surface area (Å²) in [6, 6.07) is 15.3. The fourth-order valence-corrected chi connectivity index (χ4v) is 3.22. The number of thiophene rings is 1. The quantitative estimate of drug-likeness (QED) is 0.717. The van der Waals surface area contributed by atoms with E-state index in [1.54, 1.807) is 6.92 Å². The van der Waals surface area contributed by atoms with E-state index in [4.69, 9.17) is 4.74 Å². The number of fused-ring (bicyclic) bond motifs is 1. The van der Waals surface area contributed by atoms with Crippen molar-refractivity contribution in [3.8, 4) is 0 Å². The molecule has 0 fully saturated rings. The Labute approximate surface area is 144 Å². The lowest BCUT2D eigenvalue weighted by atomic mass is 10.1. The highest BCUT2D eigenvalue weighted by molar-refractivity contribution is 7.12. The Morgan fingerprint density at radius 3 is 2.58 bits per heavy atom. The Morgan fingerprint density at radius 1 is 1.08 bits per heavy atom. The number of nitrogens with one attached hydrogen (secondary N) is 1. The van der Waals surface area contributed by atoms with Crippen LogP contribution in [-0.2, 0) is 9.53 Å². The predicted molar refractivity (Wildman–Crippen MR) is 96.5 cm³/mol. The lowest BCUT2D eigenvalue weighted by Gasteiger charge is -2.14. The standard InChI is InChI=1S/C19H17NO3S/c1-12-10-11-24-17(12)19(22)23-13(2)18(21)20-16-9-5-7-14-6-3-4-8-15(14)16/h3-11,13H,1-2H3,(H,20,21)/t13-/m1/s1. The van der Waals surface area contributed by atoms with Crippen LogP contribution in [-0.4, -0.2) is 18.0 Å². The molecule has 1 amide bonds. The summed E-state index contributed by atoms with van der Waals surface area (Å²) in [6.45, 7) is 3.41. The van der Waals surface area contributed by atoms with Crippen LogP contribution in [0.15, 0.2) is 53.9 Å². The molecular formula is C19H17NO3S. The van der Waals surface area contributed by atoms with Crippen molar-refractivity contribution in [1.82, 2.24) is 0 Å². The van der Waals surface area contributed by atoms with Crippen molar-refractivity contribution in [2.75, 3.05) is 5.32 Å². The fourth-order valence-electron chi connectivity index (χ4n) is 2.42. The molecule has 1 N–H and O–H groups in total. The third kappa shape index (κ3) is 3.31. The molecule has 2 aromatic carbocycles. The van der Waals surface area contributed by atoms with Gasteiger partial charge in [0.1, 0.15) is 4.88 Å². The molecule has 3 rings (SSSR count). The first-order chi connectivity index (χ1) is 11.6. The predicted octanol–water partition coefficient (Wildman–Crippen LogP) is 4.39. The van der Waals surface area contributed by atoms with Crippen molar-refractivity contribution in [3.05, 3.63) is 64.4 Å². The second-order valence-corrected chi connectivity index (χ2v) is 6.41. The third-order valence-electron chi connectivity index (χ3n) is 3.75. The Morgan fingerprint density at radius 2 is 1.83 bits per heavy atom. The minimum atomic E-state index is -0.877. The first-order valence-electron chi connectivity index (χ1n) is 7.60. The first kappa shape index (κ1) is 16.2. The van der Waals surface area contributed by atoms with Gasteiger partial charge in [0.25, 0.3) is 5.91 Å². The van der Waals surface area contributed by atoms with Gasteiger partial charge in [-0.1, -0.05) is 36.4 Å². The molecule has 1 heterocycles. The summed E-state index contributed by atoms with van der Waals surface area (Å²) < 4.78 is 5.28. The SMILES string of the molecule is Cc1ccsc1C(=O)O[C@H](C)C(=O)Nc1cccc2ccccc12. The minimum Gasteiger partial charge on any atom is -0.448 e. The van der Waals surface area contributed by atoms with E-state index < -0.39 is 12.1 Å². The lowest BCUT2D eigenvalue weighted by molar-refractivity contribution is -0.123. The molecule has 0 aliphatic carbocycles. The number of esters is 1. The van der Waals surface area contributed by atoms with Gasteiger partial charge in [-0.3, -0.25) is 4.79 Å². The molecule has 5 heteroatoms. The Kier molecular flexibility index (Phi) is 4.62. The number of carbonyl (C=O) groups is 2. The maximum atomic E-state index is 12.4. The van der Waals surface area contributed by atoms with E-state index in [0.29, 0.717) is 10.6 Å². The minimum absolute atomic E-state index is 0.353. The van der Waals surface area contributed by atoms with Crippen molar-refractivity contribution >= 4 is 39.7 Å². The highest BCUT2D eigenvalue weighted by atomic mass is 32.1. The van der Waals surface area contributed by atoms with Gasteiger partial charge in [-0.2, -0.15) is 0 Å². The highest BCUT2D eigenvalue weighted by Gasteiger charge is 2.21. The monoisotopic (exact) mass is 339 g/mol. The molecule has 0 unspecified atom stereocenters. The van der Waals surface area contributed by atoms with Crippen LogP contribution in [0.3, 0.4) is 0 Å². The van der Waals surface area contributed by atoms with Gasteiger partial charge in [-0.15, -0.1) is 11.3 Å². The van der Waals surface area contributed by atoms with Gasteiger partial charge >= 0.3 is 5.97 Å². The summed E-state index contributed by atoms with van der Waals surface area (Å²) in [5.41, 5.74) is 1.56. The van der Waals surface area contributed by atoms with Crippen LogP contribution in [0.1, 0.15) is 22.2 Å². The van der Waals surface area contributed by atoms with Gasteiger partial charge in [0.15, 0.2) is 6.10 Å². The summed E-state index contributed by atoms with van der Waals surface area (Å²) >= 11 is 1.31. The van der Waals surface area contributed by atoms with Gasteiger partial charge in [0.05, 0.1) is 0 Å². The maximum absolute atomic E-state index is 12.4. The average molecular weight is 339 g/mol. The fraction of sp³-hybridized carbons (Fsp3) is 0.158. The Hall–Kier alpha value is -2.66. The van der Waals surface area contributed by atoms with E-state index >= 15 is 0 Å². The molecule has 4 nitrogen and oxygen atoms in total. The van der Waals surface area contributed by atoms with Crippen LogP contribution >= 0.6 is 11.3 Å². The smallest absolute Gasteiger partial charge is 0.349 e.